The van der Waals surface area contributed by atoms with Gasteiger partial charge < -0.3 is 9.42 Å². The first-order valence-corrected chi connectivity index (χ1v) is 9.28. The summed E-state index contributed by atoms with van der Waals surface area (Å²) in [6.45, 7) is 4.08. The van der Waals surface area contributed by atoms with E-state index in [0.29, 0.717) is 24.9 Å². The fourth-order valence-electron chi connectivity index (χ4n) is 3.86. The van der Waals surface area contributed by atoms with Crippen LogP contribution < -0.4 is 0 Å². The van der Waals surface area contributed by atoms with Gasteiger partial charge in [-0.1, -0.05) is 5.16 Å². The molecule has 4 rings (SSSR count). The fourth-order valence-corrected chi connectivity index (χ4v) is 3.86. The lowest BCUT2D eigenvalue weighted by atomic mass is 9.91. The molecule has 1 amide bonds. The summed E-state index contributed by atoms with van der Waals surface area (Å²) in [5.74, 6) is -0.547. The molecular weight excluding hydrogens is 387 g/mol. The second-order valence-corrected chi connectivity index (χ2v) is 7.41. The SMILES string of the molecule is Cc1cc(C(F)(F)F)c2c([C@H]3CCCN(C(=O)c4cnn(C)c4C)C3)noc2n1. The average molecular weight is 407 g/mol. The number of piperidine rings is 1. The Balaban J connectivity index is 1.69. The molecular formula is C19H20F3N5O2. The number of amides is 1. The Labute approximate surface area is 164 Å². The van der Waals surface area contributed by atoms with E-state index in [1.807, 2.05) is 0 Å². The standard InChI is InChI=1S/C19H20F3N5O2/c1-10-7-14(19(20,21)22)15-16(25-29-17(15)24-10)12-5-4-6-27(9-12)18(28)13-8-23-26(3)11(13)2/h7-8,12H,4-6,9H2,1-3H3/t12-/m0/s1. The third-order valence-electron chi connectivity index (χ3n) is 5.47. The minimum Gasteiger partial charge on any atom is -0.338 e. The van der Waals surface area contributed by atoms with Crippen LogP contribution in [-0.2, 0) is 13.2 Å². The van der Waals surface area contributed by atoms with E-state index in [0.717, 1.165) is 11.8 Å². The van der Waals surface area contributed by atoms with Crippen molar-refractivity contribution in [2.45, 2.75) is 38.8 Å². The Kier molecular flexibility index (Phi) is 4.59. The van der Waals surface area contributed by atoms with Crippen LogP contribution in [0.4, 0.5) is 13.2 Å². The molecule has 3 aromatic rings. The number of fused-ring (bicyclic) bond motifs is 1. The molecule has 0 radical (unpaired) electrons. The van der Waals surface area contributed by atoms with E-state index in [4.69, 9.17) is 4.52 Å². The van der Waals surface area contributed by atoms with Crippen molar-refractivity contribution in [3.05, 3.63) is 40.5 Å². The molecule has 29 heavy (non-hydrogen) atoms. The van der Waals surface area contributed by atoms with E-state index in [-0.39, 0.29) is 40.9 Å². The van der Waals surface area contributed by atoms with Crippen molar-refractivity contribution in [2.24, 2.45) is 7.05 Å². The van der Waals surface area contributed by atoms with Gasteiger partial charge in [0.1, 0.15) is 0 Å². The molecule has 4 heterocycles. The van der Waals surface area contributed by atoms with Gasteiger partial charge in [-0.15, -0.1) is 0 Å². The number of carbonyl (C=O) groups excluding carboxylic acids is 1. The van der Waals surface area contributed by atoms with Crippen LogP contribution in [0.15, 0.2) is 16.8 Å². The lowest BCUT2D eigenvalue weighted by Crippen LogP contribution is -2.39. The van der Waals surface area contributed by atoms with Gasteiger partial charge in [0, 0.05) is 37.4 Å². The summed E-state index contributed by atoms with van der Waals surface area (Å²) in [5, 5.41) is 7.92. The molecule has 1 atom stereocenters. The van der Waals surface area contributed by atoms with E-state index in [1.54, 1.807) is 23.6 Å². The first-order valence-electron chi connectivity index (χ1n) is 9.28. The normalized spacial score (nSPS) is 17.9. The largest absolute Gasteiger partial charge is 0.417 e. The highest BCUT2D eigenvalue weighted by Gasteiger charge is 2.38. The van der Waals surface area contributed by atoms with E-state index in [9.17, 15) is 18.0 Å². The summed E-state index contributed by atoms with van der Waals surface area (Å²) in [6, 6.07) is 1.01. The van der Waals surface area contributed by atoms with Crippen LogP contribution in [0.3, 0.4) is 0 Å². The number of halogens is 3. The summed E-state index contributed by atoms with van der Waals surface area (Å²) in [5.41, 5.74) is 0.719. The molecule has 1 aliphatic rings. The summed E-state index contributed by atoms with van der Waals surface area (Å²) in [4.78, 5) is 18.6. The van der Waals surface area contributed by atoms with Gasteiger partial charge in [0.05, 0.1) is 28.4 Å². The van der Waals surface area contributed by atoms with Gasteiger partial charge in [-0.3, -0.25) is 9.48 Å². The predicted octanol–water partition coefficient (Wildman–Crippen LogP) is 3.61. The number of alkyl halides is 3. The average Bonchev–Trinajstić information content (AvgIpc) is 3.23. The fraction of sp³-hybridized carbons (Fsp3) is 0.474. The van der Waals surface area contributed by atoms with Crippen LogP contribution in [0.1, 0.15) is 51.8 Å². The van der Waals surface area contributed by atoms with Crippen LogP contribution >= 0.6 is 0 Å². The molecule has 0 unspecified atom stereocenters. The summed E-state index contributed by atoms with van der Waals surface area (Å²) < 4.78 is 47.6. The van der Waals surface area contributed by atoms with Crippen LogP contribution in [0.5, 0.6) is 0 Å². The summed E-state index contributed by atoms with van der Waals surface area (Å²) >= 11 is 0. The molecule has 3 aromatic heterocycles. The Morgan fingerprint density at radius 1 is 1.31 bits per heavy atom. The van der Waals surface area contributed by atoms with Crippen molar-refractivity contribution in [2.75, 3.05) is 13.1 Å². The number of likely N-dealkylation sites (tertiary alicyclic amines) is 1. The zero-order chi connectivity index (χ0) is 20.9. The molecule has 1 saturated heterocycles. The highest BCUT2D eigenvalue weighted by molar-refractivity contribution is 5.95. The maximum atomic E-state index is 13.6. The number of hydrogen-bond donors (Lipinski definition) is 0. The minimum absolute atomic E-state index is 0.111. The van der Waals surface area contributed by atoms with Crippen molar-refractivity contribution in [1.29, 1.82) is 0 Å². The number of aryl methyl sites for hydroxylation is 2. The molecule has 1 aliphatic heterocycles. The Morgan fingerprint density at radius 3 is 2.72 bits per heavy atom. The zero-order valence-electron chi connectivity index (χ0n) is 16.2. The quantitative estimate of drug-likeness (QED) is 0.649. The van der Waals surface area contributed by atoms with Crippen LogP contribution in [0, 0.1) is 13.8 Å². The van der Waals surface area contributed by atoms with Crippen molar-refractivity contribution in [1.82, 2.24) is 24.8 Å². The smallest absolute Gasteiger partial charge is 0.338 e. The second kappa shape index (κ2) is 6.85. The highest BCUT2D eigenvalue weighted by atomic mass is 19.4. The van der Waals surface area contributed by atoms with E-state index in [2.05, 4.69) is 15.2 Å². The van der Waals surface area contributed by atoms with Crippen molar-refractivity contribution < 1.29 is 22.5 Å². The molecule has 1 fully saturated rings. The Bertz CT molecular complexity index is 1090. The number of hydrogen-bond acceptors (Lipinski definition) is 5. The number of rotatable bonds is 2. The van der Waals surface area contributed by atoms with Gasteiger partial charge in [0.25, 0.3) is 11.6 Å². The van der Waals surface area contributed by atoms with Gasteiger partial charge in [0.15, 0.2) is 0 Å². The molecule has 0 saturated carbocycles. The molecule has 0 bridgehead atoms. The van der Waals surface area contributed by atoms with E-state index in [1.165, 1.54) is 13.1 Å². The summed E-state index contributed by atoms with van der Waals surface area (Å²) in [6.07, 6.45) is -1.77. The van der Waals surface area contributed by atoms with E-state index >= 15 is 0 Å². The lowest BCUT2D eigenvalue weighted by Gasteiger charge is -2.32. The molecule has 7 nitrogen and oxygen atoms in total. The number of pyridine rings is 1. The van der Waals surface area contributed by atoms with Gasteiger partial charge in [-0.05, 0) is 32.8 Å². The Hall–Kier alpha value is -2.91. The minimum atomic E-state index is -4.55. The van der Waals surface area contributed by atoms with Crippen molar-refractivity contribution >= 4 is 17.0 Å². The monoisotopic (exact) mass is 407 g/mol. The molecule has 0 N–H and O–H groups in total. The number of carbonyl (C=O) groups is 1. The topological polar surface area (TPSA) is 77.0 Å². The van der Waals surface area contributed by atoms with Crippen LogP contribution in [-0.4, -0.2) is 43.8 Å². The molecule has 154 valence electrons. The van der Waals surface area contributed by atoms with Gasteiger partial charge in [0.2, 0.25) is 0 Å². The highest BCUT2D eigenvalue weighted by Crippen LogP contribution is 2.40. The van der Waals surface area contributed by atoms with Gasteiger partial charge in [-0.2, -0.15) is 18.3 Å². The van der Waals surface area contributed by atoms with Crippen LogP contribution in [0.25, 0.3) is 11.1 Å². The summed E-state index contributed by atoms with van der Waals surface area (Å²) in [7, 11) is 1.75. The van der Waals surface area contributed by atoms with Crippen molar-refractivity contribution in [3.8, 4) is 0 Å². The van der Waals surface area contributed by atoms with Crippen molar-refractivity contribution in [3.63, 3.8) is 0 Å². The van der Waals surface area contributed by atoms with E-state index < -0.39 is 11.7 Å². The van der Waals surface area contributed by atoms with Crippen LogP contribution in [0.2, 0.25) is 0 Å². The second-order valence-electron chi connectivity index (χ2n) is 7.41. The predicted molar refractivity (Wildman–Crippen MR) is 97.4 cm³/mol. The zero-order valence-corrected chi connectivity index (χ0v) is 16.2. The van der Waals surface area contributed by atoms with Gasteiger partial charge in [-0.25, -0.2) is 4.98 Å². The lowest BCUT2D eigenvalue weighted by molar-refractivity contribution is -0.136. The number of nitrogens with zero attached hydrogens (tertiary/aromatic N) is 5. The first kappa shape index (κ1) is 19.4. The third kappa shape index (κ3) is 3.36. The Morgan fingerprint density at radius 2 is 2.07 bits per heavy atom. The molecule has 0 aliphatic carbocycles. The first-order chi connectivity index (χ1) is 13.7. The third-order valence-corrected chi connectivity index (χ3v) is 5.47. The van der Waals surface area contributed by atoms with Gasteiger partial charge >= 0.3 is 6.18 Å². The molecule has 0 spiro atoms. The number of aromatic nitrogens is 4. The maximum absolute atomic E-state index is 13.6. The molecule has 0 aromatic carbocycles. The maximum Gasteiger partial charge on any atom is 0.417 e. The molecule has 10 heteroatoms.